The molecule has 0 saturated heterocycles. The molecule has 1 N–H and O–H groups in total. The predicted octanol–water partition coefficient (Wildman–Crippen LogP) is 2.36. The second kappa shape index (κ2) is 7.48. The van der Waals surface area contributed by atoms with Crippen molar-refractivity contribution in [3.63, 3.8) is 0 Å². The summed E-state index contributed by atoms with van der Waals surface area (Å²) >= 11 is 3.29. The largest absolute Gasteiger partial charge is 0.379 e. The van der Waals surface area contributed by atoms with Gasteiger partial charge in [-0.1, -0.05) is 30.3 Å². The van der Waals surface area contributed by atoms with Crippen LogP contribution in [-0.4, -0.2) is 14.3 Å². The number of nitrogens with one attached hydrogen (secondary N) is 1. The lowest BCUT2D eigenvalue weighted by atomic mass is 10.1. The fourth-order valence-corrected chi connectivity index (χ4v) is 2.88. The molecule has 3 rings (SSSR count). The van der Waals surface area contributed by atoms with Gasteiger partial charge in [-0.05, 0) is 33.1 Å². The molecule has 0 amide bonds. The zero-order valence-electron chi connectivity index (χ0n) is 13.6. The molecular formula is C18H17BrN4O2. The van der Waals surface area contributed by atoms with Gasteiger partial charge < -0.3 is 9.88 Å². The van der Waals surface area contributed by atoms with Crippen molar-refractivity contribution in [3.8, 4) is 0 Å². The van der Waals surface area contributed by atoms with Gasteiger partial charge in [-0.15, -0.1) is 0 Å². The molecular weight excluding hydrogens is 384 g/mol. The van der Waals surface area contributed by atoms with Crippen LogP contribution >= 0.6 is 15.9 Å². The Morgan fingerprint density at radius 3 is 2.52 bits per heavy atom. The predicted molar refractivity (Wildman–Crippen MR) is 101 cm³/mol. The number of rotatable bonds is 5. The third-order valence-electron chi connectivity index (χ3n) is 3.84. The van der Waals surface area contributed by atoms with Crippen molar-refractivity contribution >= 4 is 21.6 Å². The van der Waals surface area contributed by atoms with E-state index in [1.807, 2.05) is 30.3 Å². The molecule has 7 heteroatoms. The highest BCUT2D eigenvalue weighted by atomic mass is 79.9. The van der Waals surface area contributed by atoms with E-state index >= 15 is 0 Å². The highest BCUT2D eigenvalue weighted by Crippen LogP contribution is 2.17. The quantitative estimate of drug-likeness (QED) is 0.713. The van der Waals surface area contributed by atoms with Crippen LogP contribution in [0.5, 0.6) is 0 Å². The third kappa shape index (κ3) is 4.06. The maximum atomic E-state index is 11.8. The van der Waals surface area contributed by atoms with E-state index in [2.05, 4.69) is 26.3 Å². The molecule has 6 nitrogen and oxygen atoms in total. The normalized spacial score (nSPS) is 10.6. The Balaban J connectivity index is 1.67. The number of aromatic nitrogens is 3. The molecule has 0 atom stereocenters. The second-order valence-corrected chi connectivity index (χ2v) is 6.43. The number of aryl methyl sites for hydroxylation is 1. The van der Waals surface area contributed by atoms with E-state index in [9.17, 15) is 9.59 Å². The van der Waals surface area contributed by atoms with Crippen molar-refractivity contribution in [2.45, 2.75) is 13.1 Å². The van der Waals surface area contributed by atoms with E-state index in [-0.39, 0.29) is 11.1 Å². The standard InChI is InChI=1S/C18H17BrN4O2/c1-22-18(25)17(19)15(11-21-22)20-10-13-5-7-14(8-6-13)12-23-9-3-2-4-16(23)24/h2-9,11,20H,10,12H2,1H3. The maximum Gasteiger partial charge on any atom is 0.282 e. The summed E-state index contributed by atoms with van der Waals surface area (Å²) in [6, 6.07) is 13.1. The van der Waals surface area contributed by atoms with E-state index in [0.717, 1.165) is 11.1 Å². The SMILES string of the molecule is Cn1ncc(NCc2ccc(Cn3ccccc3=O)cc2)c(Br)c1=O. The Bertz CT molecular complexity index is 993. The van der Waals surface area contributed by atoms with Crippen molar-refractivity contribution in [2.75, 3.05) is 5.32 Å². The van der Waals surface area contributed by atoms with Gasteiger partial charge in [0.25, 0.3) is 11.1 Å². The van der Waals surface area contributed by atoms with Crippen LogP contribution in [0.3, 0.4) is 0 Å². The number of hydrogen-bond donors (Lipinski definition) is 1. The number of anilines is 1. The third-order valence-corrected chi connectivity index (χ3v) is 4.60. The van der Waals surface area contributed by atoms with E-state index < -0.39 is 0 Å². The number of benzene rings is 1. The molecule has 0 aliphatic carbocycles. The van der Waals surface area contributed by atoms with Gasteiger partial charge in [0, 0.05) is 25.9 Å². The molecule has 2 heterocycles. The van der Waals surface area contributed by atoms with Gasteiger partial charge in [0.15, 0.2) is 0 Å². The summed E-state index contributed by atoms with van der Waals surface area (Å²) in [6.45, 7) is 1.11. The first-order valence-corrected chi connectivity index (χ1v) is 8.53. The average molecular weight is 401 g/mol. The highest BCUT2D eigenvalue weighted by Gasteiger charge is 2.06. The van der Waals surface area contributed by atoms with Crippen molar-refractivity contribution in [1.29, 1.82) is 0 Å². The molecule has 0 spiro atoms. The molecule has 0 fully saturated rings. The topological polar surface area (TPSA) is 68.9 Å². The Kier molecular flexibility index (Phi) is 5.14. The molecule has 2 aromatic heterocycles. The van der Waals surface area contributed by atoms with Crippen molar-refractivity contribution < 1.29 is 0 Å². The Morgan fingerprint density at radius 2 is 1.80 bits per heavy atom. The van der Waals surface area contributed by atoms with Crippen LogP contribution in [0.4, 0.5) is 5.69 Å². The van der Waals surface area contributed by atoms with Crippen molar-refractivity contribution in [3.05, 3.63) is 91.2 Å². The van der Waals surface area contributed by atoms with Crippen LogP contribution in [0.2, 0.25) is 0 Å². The summed E-state index contributed by atoms with van der Waals surface area (Å²) in [6.07, 6.45) is 3.39. The zero-order valence-corrected chi connectivity index (χ0v) is 15.2. The van der Waals surface area contributed by atoms with Crippen LogP contribution in [0, 0.1) is 0 Å². The van der Waals surface area contributed by atoms with E-state index in [0.29, 0.717) is 23.2 Å². The Hall–Kier alpha value is -2.67. The summed E-state index contributed by atoms with van der Waals surface area (Å²) in [4.78, 5) is 23.6. The molecule has 0 saturated carbocycles. The highest BCUT2D eigenvalue weighted by molar-refractivity contribution is 9.10. The molecule has 0 unspecified atom stereocenters. The number of halogens is 1. The Morgan fingerprint density at radius 1 is 1.08 bits per heavy atom. The minimum absolute atomic E-state index is 0.0174. The fourth-order valence-electron chi connectivity index (χ4n) is 2.38. The number of pyridine rings is 1. The average Bonchev–Trinajstić information content (AvgIpc) is 2.62. The molecule has 0 radical (unpaired) electrons. The van der Waals surface area contributed by atoms with Crippen molar-refractivity contribution in [2.24, 2.45) is 7.05 Å². The summed E-state index contributed by atoms with van der Waals surface area (Å²) in [5.74, 6) is 0. The van der Waals surface area contributed by atoms with Gasteiger partial charge in [-0.2, -0.15) is 5.10 Å². The fraction of sp³-hybridized carbons (Fsp3) is 0.167. The van der Waals surface area contributed by atoms with E-state index in [4.69, 9.17) is 0 Å². The lowest BCUT2D eigenvalue weighted by Gasteiger charge is -2.10. The van der Waals surface area contributed by atoms with Gasteiger partial charge in [0.2, 0.25) is 0 Å². The first-order chi connectivity index (χ1) is 12.0. The van der Waals surface area contributed by atoms with Gasteiger partial charge in [0.1, 0.15) is 4.47 Å². The first-order valence-electron chi connectivity index (χ1n) is 7.73. The molecule has 0 aliphatic rings. The lowest BCUT2D eigenvalue weighted by molar-refractivity contribution is 0.703. The van der Waals surface area contributed by atoms with Crippen LogP contribution in [0.25, 0.3) is 0 Å². The summed E-state index contributed by atoms with van der Waals surface area (Å²) < 4.78 is 3.40. The van der Waals surface area contributed by atoms with Crippen LogP contribution in [0.1, 0.15) is 11.1 Å². The van der Waals surface area contributed by atoms with Crippen LogP contribution in [-0.2, 0) is 20.1 Å². The summed E-state index contributed by atoms with van der Waals surface area (Å²) in [5.41, 5.74) is 2.57. The Labute approximate surface area is 152 Å². The lowest BCUT2D eigenvalue weighted by Crippen LogP contribution is -2.21. The monoisotopic (exact) mass is 400 g/mol. The number of hydrogen-bond acceptors (Lipinski definition) is 4. The molecule has 1 aromatic carbocycles. The van der Waals surface area contributed by atoms with Gasteiger partial charge in [-0.3, -0.25) is 9.59 Å². The van der Waals surface area contributed by atoms with Gasteiger partial charge in [0.05, 0.1) is 18.4 Å². The summed E-state index contributed by atoms with van der Waals surface area (Å²) in [7, 11) is 1.60. The molecule has 25 heavy (non-hydrogen) atoms. The minimum atomic E-state index is -0.186. The van der Waals surface area contributed by atoms with Gasteiger partial charge >= 0.3 is 0 Å². The summed E-state index contributed by atoms with van der Waals surface area (Å²) in [5, 5.41) is 7.20. The minimum Gasteiger partial charge on any atom is -0.379 e. The van der Waals surface area contributed by atoms with Crippen molar-refractivity contribution in [1.82, 2.24) is 14.3 Å². The zero-order chi connectivity index (χ0) is 17.8. The second-order valence-electron chi connectivity index (χ2n) is 5.64. The smallest absolute Gasteiger partial charge is 0.282 e. The van der Waals surface area contributed by atoms with E-state index in [1.165, 1.54) is 4.68 Å². The molecule has 0 aliphatic heterocycles. The molecule has 0 bridgehead atoms. The maximum absolute atomic E-state index is 11.8. The first kappa shape index (κ1) is 17.2. The van der Waals surface area contributed by atoms with Gasteiger partial charge in [-0.25, -0.2) is 4.68 Å². The molecule has 3 aromatic rings. The molecule has 128 valence electrons. The van der Waals surface area contributed by atoms with E-state index in [1.54, 1.807) is 36.1 Å². The number of nitrogens with zero attached hydrogens (tertiary/aromatic N) is 3. The van der Waals surface area contributed by atoms with Crippen LogP contribution in [0.15, 0.2) is 68.9 Å². The van der Waals surface area contributed by atoms with Crippen LogP contribution < -0.4 is 16.4 Å².